The largest absolute Gasteiger partial charge is 0.390 e. The van der Waals surface area contributed by atoms with Crippen molar-refractivity contribution in [2.75, 3.05) is 0 Å². The number of aromatic nitrogens is 4. The van der Waals surface area contributed by atoms with Gasteiger partial charge in [-0.05, 0) is 12.1 Å². The van der Waals surface area contributed by atoms with Gasteiger partial charge < -0.3 is 5.11 Å². The number of aliphatic hydroxyl groups is 1. The Morgan fingerprint density at radius 2 is 1.74 bits per heavy atom. The molecule has 0 amide bonds. The second kappa shape index (κ2) is 6.91. The highest BCUT2D eigenvalue weighted by atomic mass is 35.5. The second-order valence-corrected chi connectivity index (χ2v) is 5.53. The Bertz CT molecular complexity index is 823. The average molecular weight is 347 g/mol. The molecule has 5 nitrogen and oxygen atoms in total. The predicted molar refractivity (Wildman–Crippen MR) is 90.5 cm³/mol. The lowest BCUT2D eigenvalue weighted by atomic mass is 10.2. The molecule has 1 aromatic carbocycles. The van der Waals surface area contributed by atoms with Crippen LogP contribution in [0.25, 0.3) is 18.1 Å². The van der Waals surface area contributed by atoms with Crippen molar-refractivity contribution in [2.24, 2.45) is 0 Å². The van der Waals surface area contributed by atoms with Gasteiger partial charge in [-0.15, -0.1) is 0 Å². The molecule has 2 heterocycles. The summed E-state index contributed by atoms with van der Waals surface area (Å²) in [6.45, 7) is -0.119. The number of hydrogen-bond donors (Lipinski definition) is 1. The van der Waals surface area contributed by atoms with E-state index in [1.807, 2.05) is 12.2 Å². The third kappa shape index (κ3) is 3.59. The Balaban J connectivity index is 1.81. The van der Waals surface area contributed by atoms with Crippen LogP contribution in [-0.2, 0) is 6.61 Å². The predicted octanol–water partition coefficient (Wildman–Crippen LogP) is 3.63. The van der Waals surface area contributed by atoms with Crippen molar-refractivity contribution in [1.29, 1.82) is 0 Å². The third-order valence-electron chi connectivity index (χ3n) is 3.13. The lowest BCUT2D eigenvalue weighted by molar-refractivity contribution is 0.277. The van der Waals surface area contributed by atoms with Crippen LogP contribution in [0, 0.1) is 0 Å². The van der Waals surface area contributed by atoms with Gasteiger partial charge in [0.1, 0.15) is 6.33 Å². The molecule has 2 aromatic heterocycles. The van der Waals surface area contributed by atoms with Crippen LogP contribution in [0.3, 0.4) is 0 Å². The summed E-state index contributed by atoms with van der Waals surface area (Å²) < 4.78 is 1.64. The first kappa shape index (κ1) is 15.7. The number of nitrogens with zero attached hydrogens (tertiary/aromatic N) is 4. The van der Waals surface area contributed by atoms with Gasteiger partial charge in [0.15, 0.2) is 0 Å². The zero-order valence-corrected chi connectivity index (χ0v) is 13.4. The molecule has 0 radical (unpaired) electrons. The summed E-state index contributed by atoms with van der Waals surface area (Å²) in [4.78, 5) is 12.6. The Morgan fingerprint density at radius 1 is 1.04 bits per heavy atom. The summed E-state index contributed by atoms with van der Waals surface area (Å²) >= 11 is 12.2. The van der Waals surface area contributed by atoms with E-state index in [0.29, 0.717) is 21.7 Å². The summed E-state index contributed by atoms with van der Waals surface area (Å²) in [5.41, 5.74) is 2.13. The molecule has 116 valence electrons. The van der Waals surface area contributed by atoms with Gasteiger partial charge in [-0.1, -0.05) is 41.4 Å². The van der Waals surface area contributed by atoms with Crippen LogP contribution in [0.2, 0.25) is 10.0 Å². The van der Waals surface area contributed by atoms with Crippen LogP contribution < -0.4 is 0 Å². The monoisotopic (exact) mass is 346 g/mol. The molecule has 1 N–H and O–H groups in total. The minimum atomic E-state index is -0.119. The normalized spacial score (nSPS) is 11.3. The van der Waals surface area contributed by atoms with E-state index in [-0.39, 0.29) is 6.61 Å². The fraction of sp³-hybridized carbons (Fsp3) is 0.0625. The summed E-state index contributed by atoms with van der Waals surface area (Å²) in [5.74, 6) is 0.477. The van der Waals surface area contributed by atoms with Gasteiger partial charge in [-0.3, -0.25) is 4.57 Å². The molecule has 0 aliphatic rings. The van der Waals surface area contributed by atoms with Crippen molar-refractivity contribution >= 4 is 35.4 Å². The van der Waals surface area contributed by atoms with Crippen LogP contribution in [0.4, 0.5) is 0 Å². The smallest absolute Gasteiger partial charge is 0.234 e. The standard InChI is InChI=1S/C16H12Cl2N4O/c17-14-2-1-3-15(18)13(14)5-4-11-6-19-16(20-7-11)22-8-12(9-23)21-10-22/h1-8,10,23H,9H2/b5-4+. The van der Waals surface area contributed by atoms with Gasteiger partial charge in [0.25, 0.3) is 0 Å². The Hall–Kier alpha value is -2.21. The highest BCUT2D eigenvalue weighted by Gasteiger charge is 2.03. The molecule has 0 aliphatic heterocycles. The molecule has 0 saturated carbocycles. The van der Waals surface area contributed by atoms with Crippen molar-refractivity contribution < 1.29 is 5.11 Å². The van der Waals surface area contributed by atoms with E-state index in [4.69, 9.17) is 28.3 Å². The molecule has 0 aliphatic carbocycles. The number of imidazole rings is 1. The van der Waals surface area contributed by atoms with Crippen LogP contribution in [0.5, 0.6) is 0 Å². The van der Waals surface area contributed by atoms with Crippen molar-refractivity contribution in [3.63, 3.8) is 0 Å². The van der Waals surface area contributed by atoms with Crippen LogP contribution in [-0.4, -0.2) is 24.6 Å². The highest BCUT2D eigenvalue weighted by Crippen LogP contribution is 2.26. The van der Waals surface area contributed by atoms with Crippen LogP contribution >= 0.6 is 23.2 Å². The third-order valence-corrected chi connectivity index (χ3v) is 3.79. The number of halogens is 2. The molecule has 3 aromatic rings. The maximum atomic E-state index is 9.02. The van der Waals surface area contributed by atoms with Crippen LogP contribution in [0.15, 0.2) is 43.1 Å². The fourth-order valence-corrected chi connectivity index (χ4v) is 2.48. The maximum absolute atomic E-state index is 9.02. The molecular formula is C16H12Cl2N4O. The van der Waals surface area contributed by atoms with Gasteiger partial charge in [-0.25, -0.2) is 15.0 Å². The highest BCUT2D eigenvalue weighted by molar-refractivity contribution is 6.37. The van der Waals surface area contributed by atoms with Crippen molar-refractivity contribution in [1.82, 2.24) is 19.5 Å². The van der Waals surface area contributed by atoms with E-state index in [0.717, 1.165) is 11.1 Å². The quantitative estimate of drug-likeness (QED) is 0.783. The summed E-state index contributed by atoms with van der Waals surface area (Å²) in [7, 11) is 0. The average Bonchev–Trinajstić information content (AvgIpc) is 3.04. The molecule has 0 bridgehead atoms. The lowest BCUT2D eigenvalue weighted by Crippen LogP contribution is -1.98. The Labute approximate surface area is 142 Å². The zero-order valence-electron chi connectivity index (χ0n) is 11.9. The molecule has 3 rings (SSSR count). The molecule has 0 atom stereocenters. The van der Waals surface area contributed by atoms with E-state index in [9.17, 15) is 0 Å². The van der Waals surface area contributed by atoms with Gasteiger partial charge in [0.05, 0.1) is 12.3 Å². The van der Waals surface area contributed by atoms with Crippen molar-refractivity contribution in [3.05, 3.63) is 70.0 Å². The molecule has 7 heteroatoms. The van der Waals surface area contributed by atoms with E-state index in [1.165, 1.54) is 0 Å². The number of benzene rings is 1. The molecule has 23 heavy (non-hydrogen) atoms. The Kier molecular flexibility index (Phi) is 4.71. The fourth-order valence-electron chi connectivity index (χ4n) is 1.95. The second-order valence-electron chi connectivity index (χ2n) is 4.72. The molecule has 0 unspecified atom stereocenters. The van der Waals surface area contributed by atoms with Gasteiger partial charge in [0, 0.05) is 39.8 Å². The van der Waals surface area contributed by atoms with Gasteiger partial charge >= 0.3 is 0 Å². The molecule has 0 fully saturated rings. The molecular weight excluding hydrogens is 335 g/mol. The minimum Gasteiger partial charge on any atom is -0.390 e. The number of hydrogen-bond acceptors (Lipinski definition) is 4. The number of rotatable bonds is 4. The van der Waals surface area contributed by atoms with Gasteiger partial charge in [0.2, 0.25) is 5.95 Å². The van der Waals surface area contributed by atoms with E-state index < -0.39 is 0 Å². The molecule has 0 spiro atoms. The maximum Gasteiger partial charge on any atom is 0.234 e. The summed E-state index contributed by atoms with van der Waals surface area (Å²) in [6.07, 6.45) is 10.3. The molecule has 0 saturated heterocycles. The SMILES string of the molecule is OCc1cn(-c2ncc(/C=C/c3c(Cl)cccc3Cl)cn2)cn1. The topological polar surface area (TPSA) is 63.8 Å². The zero-order chi connectivity index (χ0) is 16.2. The summed E-state index contributed by atoms with van der Waals surface area (Å²) in [5, 5.41) is 10.2. The lowest BCUT2D eigenvalue weighted by Gasteiger charge is -2.02. The van der Waals surface area contributed by atoms with Gasteiger partial charge in [-0.2, -0.15) is 0 Å². The first-order valence-corrected chi connectivity index (χ1v) is 7.51. The van der Waals surface area contributed by atoms with Crippen molar-refractivity contribution in [3.8, 4) is 5.95 Å². The first-order chi connectivity index (χ1) is 11.2. The van der Waals surface area contributed by atoms with Crippen LogP contribution in [0.1, 0.15) is 16.8 Å². The number of aliphatic hydroxyl groups excluding tert-OH is 1. The van der Waals surface area contributed by atoms with E-state index in [2.05, 4.69) is 15.0 Å². The van der Waals surface area contributed by atoms with E-state index in [1.54, 1.807) is 47.7 Å². The Morgan fingerprint density at radius 3 is 2.35 bits per heavy atom. The first-order valence-electron chi connectivity index (χ1n) is 6.75. The minimum absolute atomic E-state index is 0.119. The van der Waals surface area contributed by atoms with E-state index >= 15 is 0 Å². The van der Waals surface area contributed by atoms with Crippen molar-refractivity contribution in [2.45, 2.75) is 6.61 Å². The summed E-state index contributed by atoms with van der Waals surface area (Å²) in [6, 6.07) is 5.36.